The quantitative estimate of drug-likeness (QED) is 0.762. The minimum Gasteiger partial charge on any atom is -0.399 e. The van der Waals surface area contributed by atoms with Gasteiger partial charge in [-0.15, -0.1) is 0 Å². The van der Waals surface area contributed by atoms with Crippen molar-refractivity contribution in [2.45, 2.75) is 0 Å². The highest BCUT2D eigenvalue weighted by atomic mass is 35.5. The highest BCUT2D eigenvalue weighted by molar-refractivity contribution is 6.34. The summed E-state index contributed by atoms with van der Waals surface area (Å²) in [6.45, 7) is 0. The molecular formula is C13H10ClF2N3O. The molecule has 0 atom stereocenters. The van der Waals surface area contributed by atoms with Crippen molar-refractivity contribution in [3.05, 3.63) is 52.6 Å². The monoisotopic (exact) mass is 297 g/mol. The zero-order chi connectivity index (χ0) is 14.9. The number of hydrogen-bond acceptors (Lipinski definition) is 3. The summed E-state index contributed by atoms with van der Waals surface area (Å²) in [4.78, 5) is 11.4. The lowest BCUT2D eigenvalue weighted by Gasteiger charge is -2.13. The van der Waals surface area contributed by atoms with Gasteiger partial charge in [0, 0.05) is 5.69 Å². The van der Waals surface area contributed by atoms with Gasteiger partial charge in [0.25, 0.3) is 5.91 Å². The Morgan fingerprint density at radius 1 is 1.25 bits per heavy atom. The summed E-state index contributed by atoms with van der Waals surface area (Å²) in [7, 11) is 0. The largest absolute Gasteiger partial charge is 0.399 e. The molecule has 0 aliphatic heterocycles. The lowest BCUT2D eigenvalue weighted by atomic mass is 10.1. The van der Waals surface area contributed by atoms with Crippen LogP contribution in [0.4, 0.5) is 25.8 Å². The molecule has 0 fully saturated rings. The number of halogens is 3. The number of primary amides is 1. The van der Waals surface area contributed by atoms with Crippen molar-refractivity contribution in [1.29, 1.82) is 0 Å². The molecule has 104 valence electrons. The lowest BCUT2D eigenvalue weighted by Crippen LogP contribution is -2.14. The number of rotatable bonds is 3. The van der Waals surface area contributed by atoms with Crippen LogP contribution in [-0.4, -0.2) is 5.91 Å². The van der Waals surface area contributed by atoms with Crippen molar-refractivity contribution in [1.82, 2.24) is 0 Å². The Morgan fingerprint density at radius 2 is 1.95 bits per heavy atom. The maximum atomic E-state index is 13.6. The summed E-state index contributed by atoms with van der Waals surface area (Å²) in [6, 6.07) is 6.26. The Balaban J connectivity index is 2.53. The molecule has 0 saturated heterocycles. The van der Waals surface area contributed by atoms with Crippen LogP contribution in [0.1, 0.15) is 10.4 Å². The van der Waals surface area contributed by atoms with Gasteiger partial charge in [-0.2, -0.15) is 0 Å². The van der Waals surface area contributed by atoms with Crippen molar-refractivity contribution in [2.24, 2.45) is 5.73 Å². The first-order chi connectivity index (χ1) is 9.40. The van der Waals surface area contributed by atoms with Gasteiger partial charge in [0.2, 0.25) is 0 Å². The van der Waals surface area contributed by atoms with Gasteiger partial charge in [0.1, 0.15) is 0 Å². The van der Waals surface area contributed by atoms with Crippen LogP contribution in [0.3, 0.4) is 0 Å². The van der Waals surface area contributed by atoms with E-state index in [-0.39, 0.29) is 27.6 Å². The van der Waals surface area contributed by atoms with Crippen LogP contribution >= 0.6 is 11.6 Å². The molecule has 0 bridgehead atoms. The third-order valence-electron chi connectivity index (χ3n) is 2.59. The van der Waals surface area contributed by atoms with Gasteiger partial charge in [-0.25, -0.2) is 8.78 Å². The van der Waals surface area contributed by atoms with Crippen LogP contribution in [0.15, 0.2) is 30.3 Å². The Bertz CT molecular complexity index is 692. The Kier molecular flexibility index (Phi) is 3.76. The Labute approximate surface area is 118 Å². The summed E-state index contributed by atoms with van der Waals surface area (Å²) < 4.78 is 26.8. The lowest BCUT2D eigenvalue weighted by molar-refractivity contribution is 0.100. The molecule has 2 rings (SSSR count). The molecule has 0 spiro atoms. The Morgan fingerprint density at radius 3 is 2.60 bits per heavy atom. The summed E-state index contributed by atoms with van der Waals surface area (Å²) in [6.07, 6.45) is 0. The van der Waals surface area contributed by atoms with E-state index in [2.05, 4.69) is 5.32 Å². The SMILES string of the molecule is NC(=O)c1cc(N)cc(Cl)c1Nc1cccc(F)c1F. The first kappa shape index (κ1) is 14.1. The number of nitrogens with one attached hydrogen (secondary N) is 1. The van der Waals surface area contributed by atoms with Crippen molar-refractivity contribution in [3.8, 4) is 0 Å². The smallest absolute Gasteiger partial charge is 0.250 e. The van der Waals surface area contributed by atoms with Crippen LogP contribution in [-0.2, 0) is 0 Å². The minimum atomic E-state index is -1.09. The van der Waals surface area contributed by atoms with Crippen molar-refractivity contribution in [3.63, 3.8) is 0 Å². The molecule has 5 N–H and O–H groups in total. The number of amides is 1. The molecule has 0 aliphatic carbocycles. The standard InChI is InChI=1S/C13H10ClF2N3O/c14-8-5-6(17)4-7(13(18)20)12(8)19-10-3-1-2-9(15)11(10)16/h1-5,19H,17H2,(H2,18,20). The van der Waals surface area contributed by atoms with Crippen LogP contribution < -0.4 is 16.8 Å². The van der Waals surface area contributed by atoms with E-state index in [1.54, 1.807) is 0 Å². The van der Waals surface area contributed by atoms with E-state index in [4.69, 9.17) is 23.1 Å². The van der Waals surface area contributed by atoms with Crippen molar-refractivity contribution in [2.75, 3.05) is 11.1 Å². The highest BCUT2D eigenvalue weighted by Crippen LogP contribution is 2.32. The molecule has 0 heterocycles. The predicted molar refractivity (Wildman–Crippen MR) is 74.0 cm³/mol. The van der Waals surface area contributed by atoms with E-state index >= 15 is 0 Å². The zero-order valence-electron chi connectivity index (χ0n) is 10.1. The normalized spacial score (nSPS) is 10.3. The molecule has 7 heteroatoms. The van der Waals surface area contributed by atoms with Crippen molar-refractivity contribution < 1.29 is 13.6 Å². The van der Waals surface area contributed by atoms with Gasteiger partial charge < -0.3 is 16.8 Å². The number of benzene rings is 2. The van der Waals surface area contributed by atoms with Gasteiger partial charge in [-0.3, -0.25) is 4.79 Å². The zero-order valence-corrected chi connectivity index (χ0v) is 10.8. The summed E-state index contributed by atoms with van der Waals surface area (Å²) in [5.41, 5.74) is 10.9. The van der Waals surface area contributed by atoms with Gasteiger partial charge in [0.05, 0.1) is 22.0 Å². The first-order valence-corrected chi connectivity index (χ1v) is 5.88. The molecule has 1 amide bonds. The van der Waals surface area contributed by atoms with Gasteiger partial charge in [-0.05, 0) is 24.3 Å². The molecule has 4 nitrogen and oxygen atoms in total. The third-order valence-corrected chi connectivity index (χ3v) is 2.89. The molecule has 0 radical (unpaired) electrons. The van der Waals surface area contributed by atoms with Crippen LogP contribution in [0.25, 0.3) is 0 Å². The molecule has 2 aromatic rings. The Hall–Kier alpha value is -2.34. The number of carbonyl (C=O) groups is 1. The van der Waals surface area contributed by atoms with Gasteiger partial charge in [-0.1, -0.05) is 17.7 Å². The number of anilines is 3. The molecular weight excluding hydrogens is 288 g/mol. The average molecular weight is 298 g/mol. The van der Waals surface area contributed by atoms with Gasteiger partial charge in [0.15, 0.2) is 11.6 Å². The van der Waals surface area contributed by atoms with Crippen LogP contribution in [0.2, 0.25) is 5.02 Å². The molecule has 0 aliphatic rings. The second-order valence-corrected chi connectivity index (χ2v) is 4.42. The minimum absolute atomic E-state index is 0.0151. The van der Waals surface area contributed by atoms with E-state index in [9.17, 15) is 13.6 Å². The fourth-order valence-electron chi connectivity index (χ4n) is 1.68. The number of carbonyl (C=O) groups excluding carboxylic acids is 1. The maximum Gasteiger partial charge on any atom is 0.250 e. The molecule has 2 aromatic carbocycles. The van der Waals surface area contributed by atoms with E-state index < -0.39 is 17.5 Å². The number of nitrogen functional groups attached to an aromatic ring is 1. The topological polar surface area (TPSA) is 81.1 Å². The third kappa shape index (κ3) is 2.65. The summed E-state index contributed by atoms with van der Waals surface area (Å²) in [5.74, 6) is -2.91. The average Bonchev–Trinajstić information content (AvgIpc) is 2.37. The van der Waals surface area contributed by atoms with Gasteiger partial charge >= 0.3 is 0 Å². The first-order valence-electron chi connectivity index (χ1n) is 5.50. The summed E-state index contributed by atoms with van der Waals surface area (Å²) in [5, 5.41) is 2.63. The number of hydrogen-bond donors (Lipinski definition) is 3. The van der Waals surface area contributed by atoms with Crippen molar-refractivity contribution >= 4 is 34.6 Å². The molecule has 0 saturated carbocycles. The van der Waals surface area contributed by atoms with E-state index in [1.165, 1.54) is 24.3 Å². The predicted octanol–water partition coefficient (Wildman–Crippen LogP) is 3.04. The van der Waals surface area contributed by atoms with E-state index in [1.807, 2.05) is 0 Å². The fraction of sp³-hybridized carbons (Fsp3) is 0. The van der Waals surface area contributed by atoms with E-state index in [0.717, 1.165) is 6.07 Å². The highest BCUT2D eigenvalue weighted by Gasteiger charge is 2.16. The second-order valence-electron chi connectivity index (χ2n) is 4.02. The molecule has 0 aromatic heterocycles. The molecule has 20 heavy (non-hydrogen) atoms. The van der Waals surface area contributed by atoms with Crippen LogP contribution in [0, 0.1) is 11.6 Å². The van der Waals surface area contributed by atoms with E-state index in [0.29, 0.717) is 0 Å². The number of nitrogens with two attached hydrogens (primary N) is 2. The maximum absolute atomic E-state index is 13.6. The second kappa shape index (κ2) is 5.34. The molecule has 0 unspecified atom stereocenters. The summed E-state index contributed by atoms with van der Waals surface area (Å²) >= 11 is 5.95. The van der Waals surface area contributed by atoms with Crippen LogP contribution in [0.5, 0.6) is 0 Å². The fourth-order valence-corrected chi connectivity index (χ4v) is 1.96.